The second-order valence-electron chi connectivity index (χ2n) is 10.0. The Balaban J connectivity index is 1.54. The van der Waals surface area contributed by atoms with Crippen molar-refractivity contribution in [3.05, 3.63) is 52.2 Å². The van der Waals surface area contributed by atoms with E-state index in [0.717, 1.165) is 19.5 Å². The number of rotatable bonds is 10. The van der Waals surface area contributed by atoms with Crippen LogP contribution in [0.2, 0.25) is 0 Å². The van der Waals surface area contributed by atoms with E-state index in [1.54, 1.807) is 35.5 Å². The van der Waals surface area contributed by atoms with Gasteiger partial charge in [0.15, 0.2) is 0 Å². The van der Waals surface area contributed by atoms with Gasteiger partial charge in [-0.2, -0.15) is 0 Å². The van der Waals surface area contributed by atoms with Gasteiger partial charge in [-0.3, -0.25) is 14.5 Å². The highest BCUT2D eigenvalue weighted by atomic mass is 32.1. The summed E-state index contributed by atoms with van der Waals surface area (Å²) in [5.74, 6) is 1.10. The summed E-state index contributed by atoms with van der Waals surface area (Å²) < 4.78 is 5.32. The molecule has 8 heteroatoms. The molecule has 1 aliphatic heterocycles. The number of nitrogens with one attached hydrogen (secondary N) is 1. The normalized spacial score (nSPS) is 20.9. The Bertz CT molecular complexity index is 977. The molecule has 0 radical (unpaired) electrons. The number of carbonyl (C=O) groups excluding carboxylic acids is 2. The molecule has 1 saturated heterocycles. The van der Waals surface area contributed by atoms with Crippen LogP contribution in [0.25, 0.3) is 0 Å². The van der Waals surface area contributed by atoms with Crippen LogP contribution in [-0.2, 0) is 11.3 Å². The average Bonchev–Trinajstić information content (AvgIpc) is 3.44. The van der Waals surface area contributed by atoms with Crippen LogP contribution >= 0.6 is 11.3 Å². The Hall–Kier alpha value is -2.42. The molecule has 2 atom stereocenters. The minimum atomic E-state index is -0.522. The monoisotopic (exact) mass is 512 g/mol. The van der Waals surface area contributed by atoms with Gasteiger partial charge in [0.2, 0.25) is 5.91 Å². The summed E-state index contributed by atoms with van der Waals surface area (Å²) in [6.07, 6.45) is 8.03. The van der Waals surface area contributed by atoms with Gasteiger partial charge in [-0.15, -0.1) is 11.3 Å². The summed E-state index contributed by atoms with van der Waals surface area (Å²) in [6.45, 7) is 3.29. The van der Waals surface area contributed by atoms with Gasteiger partial charge in [0.05, 0.1) is 7.11 Å². The van der Waals surface area contributed by atoms with Gasteiger partial charge < -0.3 is 20.7 Å². The van der Waals surface area contributed by atoms with Crippen molar-refractivity contribution >= 4 is 23.2 Å². The number of likely N-dealkylation sites (tertiary alicyclic amines) is 1. The SMILES string of the molecule is COc1cccc(C(=O)N2CCC(N(Cc3cccs3)CC3CCCCC3)C[C@@H]2C(=O)NCCN)c1. The number of piperidine rings is 1. The third kappa shape index (κ3) is 6.87. The molecule has 0 bridgehead atoms. The molecule has 2 aromatic rings. The predicted molar refractivity (Wildman–Crippen MR) is 144 cm³/mol. The number of benzene rings is 1. The van der Waals surface area contributed by atoms with E-state index >= 15 is 0 Å². The first-order chi connectivity index (χ1) is 17.6. The standard InChI is InChI=1S/C28H40N4O3S/c1-35-24-10-5-9-22(17-24)28(34)32-15-12-23(18-26(32)27(33)30-14-13-29)31(20-25-11-6-16-36-25)19-21-7-3-2-4-8-21/h5-6,9-11,16-17,21,23,26H,2-4,7-8,12-15,18-20,29H2,1H3,(H,30,33)/t23?,26-/m1/s1. The number of methoxy groups -OCH3 is 1. The highest BCUT2D eigenvalue weighted by Gasteiger charge is 2.39. The highest BCUT2D eigenvalue weighted by Crippen LogP contribution is 2.31. The summed E-state index contributed by atoms with van der Waals surface area (Å²) in [5.41, 5.74) is 6.21. The van der Waals surface area contributed by atoms with Crippen LogP contribution in [0, 0.1) is 5.92 Å². The van der Waals surface area contributed by atoms with E-state index in [1.165, 1.54) is 37.0 Å². The third-order valence-electron chi connectivity index (χ3n) is 7.57. The molecule has 1 aromatic carbocycles. The summed E-state index contributed by atoms with van der Waals surface area (Å²) in [6, 6.07) is 11.2. The van der Waals surface area contributed by atoms with E-state index in [0.29, 0.717) is 43.3 Å². The lowest BCUT2D eigenvalue weighted by atomic mass is 9.87. The minimum absolute atomic E-state index is 0.116. The molecule has 1 unspecified atom stereocenters. The van der Waals surface area contributed by atoms with Crippen LogP contribution in [0.4, 0.5) is 0 Å². The molecule has 3 N–H and O–H groups in total. The Morgan fingerprint density at radius 2 is 2.00 bits per heavy atom. The van der Waals surface area contributed by atoms with Crippen molar-refractivity contribution in [2.45, 2.75) is 63.6 Å². The van der Waals surface area contributed by atoms with Gasteiger partial charge >= 0.3 is 0 Å². The number of nitrogens with zero attached hydrogens (tertiary/aromatic N) is 2. The number of hydrogen-bond donors (Lipinski definition) is 2. The van der Waals surface area contributed by atoms with E-state index in [-0.39, 0.29) is 17.9 Å². The van der Waals surface area contributed by atoms with Crippen LogP contribution in [0.3, 0.4) is 0 Å². The van der Waals surface area contributed by atoms with Crippen LogP contribution < -0.4 is 15.8 Å². The molecule has 1 aliphatic carbocycles. The second kappa shape index (κ2) is 13.2. The number of carbonyl (C=O) groups is 2. The fourth-order valence-corrected chi connectivity index (χ4v) is 6.38. The molecular weight excluding hydrogens is 472 g/mol. The highest BCUT2D eigenvalue weighted by molar-refractivity contribution is 7.09. The smallest absolute Gasteiger partial charge is 0.254 e. The van der Waals surface area contributed by atoms with E-state index in [4.69, 9.17) is 10.5 Å². The third-order valence-corrected chi connectivity index (χ3v) is 8.43. The average molecular weight is 513 g/mol. The van der Waals surface area contributed by atoms with E-state index in [2.05, 4.69) is 27.7 Å². The quantitative estimate of drug-likeness (QED) is 0.504. The molecule has 2 heterocycles. The molecule has 2 aliphatic rings. The van der Waals surface area contributed by atoms with Gasteiger partial charge in [0, 0.05) is 49.2 Å². The molecule has 2 amide bonds. The maximum absolute atomic E-state index is 13.6. The first kappa shape index (κ1) is 26.6. The van der Waals surface area contributed by atoms with Crippen molar-refractivity contribution in [1.29, 1.82) is 0 Å². The number of ether oxygens (including phenoxy) is 1. The largest absolute Gasteiger partial charge is 0.497 e. The summed E-state index contributed by atoms with van der Waals surface area (Å²) in [7, 11) is 1.59. The first-order valence-electron chi connectivity index (χ1n) is 13.3. The molecule has 1 saturated carbocycles. The maximum Gasteiger partial charge on any atom is 0.254 e. The Morgan fingerprint density at radius 3 is 2.72 bits per heavy atom. The molecule has 4 rings (SSSR count). The molecule has 7 nitrogen and oxygen atoms in total. The zero-order chi connectivity index (χ0) is 25.3. The maximum atomic E-state index is 13.6. The van der Waals surface area contributed by atoms with E-state index in [9.17, 15) is 9.59 Å². The number of amides is 2. The van der Waals surface area contributed by atoms with Crippen molar-refractivity contribution in [1.82, 2.24) is 15.1 Å². The molecule has 1 aromatic heterocycles. The number of nitrogens with two attached hydrogens (primary N) is 1. The lowest BCUT2D eigenvalue weighted by molar-refractivity contribution is -0.127. The first-order valence-corrected chi connectivity index (χ1v) is 14.2. The summed E-state index contributed by atoms with van der Waals surface area (Å²) in [5, 5.41) is 5.08. The number of thiophene rings is 1. The van der Waals surface area contributed by atoms with Crippen molar-refractivity contribution < 1.29 is 14.3 Å². The fraction of sp³-hybridized carbons (Fsp3) is 0.571. The van der Waals surface area contributed by atoms with Crippen LogP contribution in [0.15, 0.2) is 41.8 Å². The molecule has 196 valence electrons. The van der Waals surface area contributed by atoms with Gasteiger partial charge in [-0.05, 0) is 61.2 Å². The number of hydrogen-bond acceptors (Lipinski definition) is 6. The van der Waals surface area contributed by atoms with E-state index in [1.807, 2.05) is 12.1 Å². The van der Waals surface area contributed by atoms with Crippen LogP contribution in [0.5, 0.6) is 5.75 Å². The van der Waals surface area contributed by atoms with E-state index < -0.39 is 6.04 Å². The topological polar surface area (TPSA) is 87.9 Å². The van der Waals surface area contributed by atoms with Gasteiger partial charge in [-0.1, -0.05) is 31.4 Å². The zero-order valence-corrected chi connectivity index (χ0v) is 22.2. The van der Waals surface area contributed by atoms with Gasteiger partial charge in [0.1, 0.15) is 11.8 Å². The predicted octanol–water partition coefficient (Wildman–Crippen LogP) is 3.89. The lowest BCUT2D eigenvalue weighted by Gasteiger charge is -2.44. The van der Waals surface area contributed by atoms with Crippen molar-refractivity contribution in [2.75, 3.05) is 33.3 Å². The molecule has 0 spiro atoms. The lowest BCUT2D eigenvalue weighted by Crippen LogP contribution is -2.58. The summed E-state index contributed by atoms with van der Waals surface area (Å²) in [4.78, 5) is 32.6. The molecular formula is C28H40N4O3S. The van der Waals surface area contributed by atoms with Gasteiger partial charge in [0.25, 0.3) is 5.91 Å². The fourth-order valence-electron chi connectivity index (χ4n) is 5.65. The van der Waals surface area contributed by atoms with Crippen LogP contribution in [-0.4, -0.2) is 67.0 Å². The van der Waals surface area contributed by atoms with Crippen molar-refractivity contribution in [3.63, 3.8) is 0 Å². The second-order valence-corrected chi connectivity index (χ2v) is 11.0. The molecule has 36 heavy (non-hydrogen) atoms. The Morgan fingerprint density at radius 1 is 1.17 bits per heavy atom. The Kier molecular flexibility index (Phi) is 9.78. The Labute approximate surface area is 219 Å². The summed E-state index contributed by atoms with van der Waals surface area (Å²) >= 11 is 1.79. The molecule has 2 fully saturated rings. The zero-order valence-electron chi connectivity index (χ0n) is 21.4. The van der Waals surface area contributed by atoms with Crippen molar-refractivity contribution in [2.24, 2.45) is 11.7 Å². The minimum Gasteiger partial charge on any atom is -0.497 e. The van der Waals surface area contributed by atoms with Crippen molar-refractivity contribution in [3.8, 4) is 5.75 Å². The van der Waals surface area contributed by atoms with Gasteiger partial charge in [-0.25, -0.2) is 0 Å². The van der Waals surface area contributed by atoms with Crippen LogP contribution in [0.1, 0.15) is 60.2 Å².